The summed E-state index contributed by atoms with van der Waals surface area (Å²) in [6.07, 6.45) is 1.95. The fourth-order valence-corrected chi connectivity index (χ4v) is 4.23. The van der Waals surface area contributed by atoms with Crippen LogP contribution < -0.4 is 0 Å². The molecule has 2 aromatic carbocycles. The van der Waals surface area contributed by atoms with Crippen LogP contribution >= 0.6 is 0 Å². The Morgan fingerprint density at radius 2 is 1.50 bits per heavy atom. The standard InChI is InChI=1S/C23H22N2O/c24-17-22(19-7-3-1-4-8-19,20-9-5-2-6-10-20)13-14-23(26)18-25-15-11-21(23)12-16-25/h1-10,21,26H,11-12,15-16,18H2. The van der Waals surface area contributed by atoms with Gasteiger partial charge in [0, 0.05) is 12.5 Å². The number of piperidine rings is 3. The van der Waals surface area contributed by atoms with Gasteiger partial charge in [-0.3, -0.25) is 4.90 Å². The van der Waals surface area contributed by atoms with Crippen molar-refractivity contribution < 1.29 is 5.11 Å². The maximum atomic E-state index is 11.2. The first-order valence-corrected chi connectivity index (χ1v) is 9.18. The van der Waals surface area contributed by atoms with Gasteiger partial charge in [0.25, 0.3) is 0 Å². The van der Waals surface area contributed by atoms with Gasteiger partial charge in [0.05, 0.1) is 6.07 Å². The van der Waals surface area contributed by atoms with E-state index < -0.39 is 11.0 Å². The quantitative estimate of drug-likeness (QED) is 0.854. The Morgan fingerprint density at radius 1 is 0.962 bits per heavy atom. The van der Waals surface area contributed by atoms with Gasteiger partial charge in [0.2, 0.25) is 0 Å². The lowest BCUT2D eigenvalue weighted by Crippen LogP contribution is -2.58. The van der Waals surface area contributed by atoms with Crippen molar-refractivity contribution in [2.24, 2.45) is 5.92 Å². The summed E-state index contributed by atoms with van der Waals surface area (Å²) in [6.45, 7) is 2.65. The molecule has 1 atom stereocenters. The maximum Gasteiger partial charge on any atom is 0.167 e. The summed E-state index contributed by atoms with van der Waals surface area (Å²) in [6, 6.07) is 21.8. The van der Waals surface area contributed by atoms with Crippen LogP contribution in [0.15, 0.2) is 60.7 Å². The molecule has 1 unspecified atom stereocenters. The van der Waals surface area contributed by atoms with Crippen molar-refractivity contribution in [2.75, 3.05) is 19.6 Å². The second-order valence-corrected chi connectivity index (χ2v) is 7.32. The van der Waals surface area contributed by atoms with E-state index in [1.54, 1.807) is 0 Å². The number of fused-ring (bicyclic) bond motifs is 3. The molecule has 2 aromatic rings. The monoisotopic (exact) mass is 342 g/mol. The molecule has 0 aromatic heterocycles. The van der Waals surface area contributed by atoms with Gasteiger partial charge in [-0.1, -0.05) is 72.5 Å². The van der Waals surface area contributed by atoms with Crippen LogP contribution in [0.25, 0.3) is 0 Å². The van der Waals surface area contributed by atoms with Crippen molar-refractivity contribution in [2.45, 2.75) is 23.9 Å². The predicted octanol–water partition coefficient (Wildman–Crippen LogP) is 2.96. The van der Waals surface area contributed by atoms with Gasteiger partial charge in [-0.2, -0.15) is 5.26 Å². The Kier molecular flexibility index (Phi) is 4.29. The van der Waals surface area contributed by atoms with Crippen LogP contribution in [0.3, 0.4) is 0 Å². The number of hydrogen-bond donors (Lipinski definition) is 1. The average Bonchev–Trinajstić information content (AvgIpc) is 2.71. The Labute approximate surface area is 154 Å². The van der Waals surface area contributed by atoms with Crippen molar-refractivity contribution in [1.82, 2.24) is 4.90 Å². The van der Waals surface area contributed by atoms with E-state index in [-0.39, 0.29) is 5.92 Å². The predicted molar refractivity (Wildman–Crippen MR) is 101 cm³/mol. The van der Waals surface area contributed by atoms with Crippen LogP contribution in [-0.2, 0) is 5.41 Å². The molecule has 3 saturated heterocycles. The van der Waals surface area contributed by atoms with Crippen LogP contribution in [0.5, 0.6) is 0 Å². The molecule has 0 radical (unpaired) electrons. The van der Waals surface area contributed by atoms with E-state index in [1.165, 1.54) is 0 Å². The summed E-state index contributed by atoms with van der Waals surface area (Å²) >= 11 is 0. The molecule has 26 heavy (non-hydrogen) atoms. The van der Waals surface area contributed by atoms with Gasteiger partial charge in [0.1, 0.15) is 5.60 Å². The Hall–Kier alpha value is -2.59. The summed E-state index contributed by atoms with van der Waals surface area (Å²) in [4.78, 5) is 2.27. The SMILES string of the molecule is N#CC(C#CC1(O)CN2CCC1CC2)(c1ccccc1)c1ccccc1. The first-order valence-electron chi connectivity index (χ1n) is 9.18. The summed E-state index contributed by atoms with van der Waals surface area (Å²) in [5.41, 5.74) is -0.427. The number of nitrogens with zero attached hydrogens (tertiary/aromatic N) is 2. The molecule has 3 fully saturated rings. The smallest absolute Gasteiger partial charge is 0.167 e. The van der Waals surface area contributed by atoms with Gasteiger partial charge in [0.15, 0.2) is 5.41 Å². The van der Waals surface area contributed by atoms with Crippen LogP contribution in [0.1, 0.15) is 24.0 Å². The first-order chi connectivity index (χ1) is 12.7. The van der Waals surface area contributed by atoms with Crippen LogP contribution in [-0.4, -0.2) is 35.2 Å². The van der Waals surface area contributed by atoms with Crippen molar-refractivity contribution in [1.29, 1.82) is 5.26 Å². The van der Waals surface area contributed by atoms with Gasteiger partial charge in [-0.05, 0) is 37.1 Å². The Morgan fingerprint density at radius 3 is 1.92 bits per heavy atom. The molecule has 0 saturated carbocycles. The molecule has 0 aliphatic carbocycles. The number of benzene rings is 2. The zero-order valence-electron chi connectivity index (χ0n) is 14.7. The molecule has 3 aliphatic rings. The second-order valence-electron chi connectivity index (χ2n) is 7.32. The van der Waals surface area contributed by atoms with Crippen molar-refractivity contribution in [3.63, 3.8) is 0 Å². The molecule has 0 spiro atoms. The van der Waals surface area contributed by atoms with E-state index in [4.69, 9.17) is 0 Å². The molecule has 3 nitrogen and oxygen atoms in total. The molecule has 1 N–H and O–H groups in total. The van der Waals surface area contributed by atoms with Crippen molar-refractivity contribution in [3.05, 3.63) is 71.8 Å². The summed E-state index contributed by atoms with van der Waals surface area (Å²) in [7, 11) is 0. The zero-order chi connectivity index (χ0) is 18.0. The molecule has 130 valence electrons. The Balaban J connectivity index is 1.82. The van der Waals surface area contributed by atoms with E-state index >= 15 is 0 Å². The Bertz CT molecular complexity index is 828. The highest BCUT2D eigenvalue weighted by Gasteiger charge is 2.45. The number of nitriles is 1. The summed E-state index contributed by atoms with van der Waals surface area (Å²) in [5.74, 6) is 6.58. The number of hydrogen-bond acceptors (Lipinski definition) is 3. The van der Waals surface area contributed by atoms with E-state index in [2.05, 4.69) is 22.8 Å². The van der Waals surface area contributed by atoms with E-state index in [1.807, 2.05) is 60.7 Å². The van der Waals surface area contributed by atoms with Gasteiger partial charge in [-0.15, -0.1) is 0 Å². The van der Waals surface area contributed by atoms with E-state index in [0.29, 0.717) is 6.54 Å². The minimum atomic E-state index is -1.08. The third-order valence-corrected chi connectivity index (χ3v) is 5.78. The first kappa shape index (κ1) is 16.9. The maximum absolute atomic E-state index is 11.2. The fraction of sp³-hybridized carbons (Fsp3) is 0.348. The van der Waals surface area contributed by atoms with Crippen LogP contribution in [0.4, 0.5) is 0 Å². The van der Waals surface area contributed by atoms with E-state index in [0.717, 1.165) is 37.1 Å². The van der Waals surface area contributed by atoms with Crippen molar-refractivity contribution in [3.8, 4) is 17.9 Å². The van der Waals surface area contributed by atoms with Crippen LogP contribution in [0.2, 0.25) is 0 Å². The third-order valence-electron chi connectivity index (χ3n) is 5.78. The molecule has 3 heteroatoms. The number of aliphatic hydroxyl groups is 1. The second kappa shape index (κ2) is 6.61. The summed E-state index contributed by atoms with van der Waals surface area (Å²) in [5, 5.41) is 21.4. The normalized spacial score (nSPS) is 27.2. The molecular formula is C23H22N2O. The molecule has 5 rings (SSSR count). The highest BCUT2D eigenvalue weighted by molar-refractivity contribution is 5.55. The lowest BCUT2D eigenvalue weighted by Gasteiger charge is -2.48. The molecule has 0 amide bonds. The highest BCUT2D eigenvalue weighted by Crippen LogP contribution is 2.37. The average molecular weight is 342 g/mol. The summed E-state index contributed by atoms with van der Waals surface area (Å²) < 4.78 is 0. The third kappa shape index (κ3) is 2.80. The zero-order valence-corrected chi connectivity index (χ0v) is 14.7. The van der Waals surface area contributed by atoms with Gasteiger partial charge in [-0.25, -0.2) is 0 Å². The van der Waals surface area contributed by atoms with E-state index in [9.17, 15) is 10.4 Å². The fourth-order valence-electron chi connectivity index (χ4n) is 4.23. The van der Waals surface area contributed by atoms with Crippen molar-refractivity contribution >= 4 is 0 Å². The lowest BCUT2D eigenvalue weighted by molar-refractivity contribution is -0.0714. The van der Waals surface area contributed by atoms with Crippen LogP contribution in [0, 0.1) is 29.1 Å². The highest BCUT2D eigenvalue weighted by atomic mass is 16.3. The number of rotatable bonds is 2. The van der Waals surface area contributed by atoms with Gasteiger partial charge < -0.3 is 5.11 Å². The minimum Gasteiger partial charge on any atom is -0.376 e. The topological polar surface area (TPSA) is 47.3 Å². The molecular weight excluding hydrogens is 320 g/mol. The minimum absolute atomic E-state index is 0.197. The molecule has 2 bridgehead atoms. The largest absolute Gasteiger partial charge is 0.376 e. The van der Waals surface area contributed by atoms with Gasteiger partial charge >= 0.3 is 0 Å². The lowest BCUT2D eigenvalue weighted by atomic mass is 9.72. The molecule has 3 heterocycles. The molecule has 3 aliphatic heterocycles.